The van der Waals surface area contributed by atoms with E-state index in [1.165, 1.54) is 0 Å². The number of hydrogen-bond donors (Lipinski definition) is 0. The molecule has 23 heavy (non-hydrogen) atoms. The van der Waals surface area contributed by atoms with E-state index in [1.54, 1.807) is 12.4 Å². The molecular weight excluding hydrogens is 292 g/mol. The normalized spacial score (nSPS) is 24.2. The lowest BCUT2D eigenvalue weighted by Gasteiger charge is -2.42. The minimum atomic E-state index is 0.130. The van der Waals surface area contributed by atoms with Crippen molar-refractivity contribution in [2.24, 2.45) is 0 Å². The van der Waals surface area contributed by atoms with Crippen LogP contribution < -0.4 is 4.90 Å². The topological polar surface area (TPSA) is 57.6 Å². The zero-order valence-electron chi connectivity index (χ0n) is 13.4. The number of anilines is 1. The lowest BCUT2D eigenvalue weighted by molar-refractivity contribution is -0.0803. The molecule has 2 aromatic heterocycles. The summed E-state index contributed by atoms with van der Waals surface area (Å²) >= 11 is 0. The van der Waals surface area contributed by atoms with Crippen LogP contribution in [-0.4, -0.2) is 83.9 Å². The fraction of sp³-hybridized carbons (Fsp3) is 0.562. The molecule has 0 aliphatic carbocycles. The van der Waals surface area contributed by atoms with Gasteiger partial charge in [-0.1, -0.05) is 0 Å². The van der Waals surface area contributed by atoms with Crippen LogP contribution in [0.15, 0.2) is 24.5 Å². The summed E-state index contributed by atoms with van der Waals surface area (Å²) in [6.07, 6.45) is 3.70. The zero-order chi connectivity index (χ0) is 15.6. The van der Waals surface area contributed by atoms with Crippen molar-refractivity contribution in [3.63, 3.8) is 0 Å². The largest absolute Gasteiger partial charge is 0.359 e. The van der Waals surface area contributed by atoms with E-state index >= 15 is 0 Å². The molecule has 0 bridgehead atoms. The van der Waals surface area contributed by atoms with Crippen molar-refractivity contribution < 1.29 is 4.74 Å². The molecule has 122 valence electrons. The molecule has 0 radical (unpaired) electrons. The van der Waals surface area contributed by atoms with Crippen molar-refractivity contribution in [3.8, 4) is 0 Å². The zero-order valence-corrected chi connectivity index (χ0v) is 13.4. The molecule has 0 aromatic carbocycles. The van der Waals surface area contributed by atoms with Gasteiger partial charge in [-0.2, -0.15) is 0 Å². The van der Waals surface area contributed by atoms with Crippen LogP contribution >= 0.6 is 0 Å². The number of ether oxygens (including phenoxy) is 1. The summed E-state index contributed by atoms with van der Waals surface area (Å²) in [5.41, 5.74) is 1.72. The minimum absolute atomic E-state index is 0.130. The van der Waals surface area contributed by atoms with Crippen molar-refractivity contribution in [1.29, 1.82) is 0 Å². The molecular formula is C16H22N6O. The number of aromatic nitrogens is 3. The van der Waals surface area contributed by atoms with Gasteiger partial charge in [-0.25, -0.2) is 9.97 Å². The van der Waals surface area contributed by atoms with Crippen LogP contribution in [0.25, 0.3) is 11.0 Å². The van der Waals surface area contributed by atoms with Gasteiger partial charge in [-0.3, -0.25) is 9.88 Å². The van der Waals surface area contributed by atoms with Crippen LogP contribution in [0.3, 0.4) is 0 Å². The maximum atomic E-state index is 5.99. The molecule has 4 rings (SSSR count). The average molecular weight is 314 g/mol. The van der Waals surface area contributed by atoms with Crippen LogP contribution in [0.4, 0.5) is 5.95 Å². The van der Waals surface area contributed by atoms with Crippen molar-refractivity contribution in [3.05, 3.63) is 24.5 Å². The summed E-state index contributed by atoms with van der Waals surface area (Å²) in [5.74, 6) is 0.771. The highest BCUT2D eigenvalue weighted by Gasteiger charge is 2.29. The Balaban J connectivity index is 1.49. The van der Waals surface area contributed by atoms with E-state index in [2.05, 4.69) is 36.7 Å². The van der Waals surface area contributed by atoms with Gasteiger partial charge in [0, 0.05) is 38.9 Å². The first-order valence-electron chi connectivity index (χ1n) is 8.16. The van der Waals surface area contributed by atoms with Crippen molar-refractivity contribution >= 4 is 17.0 Å². The van der Waals surface area contributed by atoms with Crippen molar-refractivity contribution in [2.75, 3.05) is 57.8 Å². The highest BCUT2D eigenvalue weighted by atomic mass is 16.5. The highest BCUT2D eigenvalue weighted by molar-refractivity contribution is 5.73. The molecule has 7 nitrogen and oxygen atoms in total. The van der Waals surface area contributed by atoms with E-state index in [9.17, 15) is 0 Å². The Hall–Kier alpha value is -1.83. The van der Waals surface area contributed by atoms with Gasteiger partial charge >= 0.3 is 0 Å². The van der Waals surface area contributed by atoms with E-state index in [4.69, 9.17) is 4.74 Å². The summed E-state index contributed by atoms with van der Waals surface area (Å²) in [4.78, 5) is 20.4. The molecule has 0 saturated carbocycles. The quantitative estimate of drug-likeness (QED) is 0.797. The Morgan fingerprint density at radius 2 is 1.96 bits per heavy atom. The second kappa shape index (κ2) is 6.35. The summed E-state index contributed by atoms with van der Waals surface area (Å²) in [6, 6.07) is 3.89. The predicted molar refractivity (Wildman–Crippen MR) is 88.4 cm³/mol. The third kappa shape index (κ3) is 3.12. The molecule has 7 heteroatoms. The minimum Gasteiger partial charge on any atom is -0.359 e. The Labute approximate surface area is 135 Å². The number of rotatable bonds is 2. The molecule has 0 N–H and O–H groups in total. The van der Waals surface area contributed by atoms with Gasteiger partial charge in [0.25, 0.3) is 0 Å². The molecule has 0 spiro atoms. The van der Waals surface area contributed by atoms with Crippen molar-refractivity contribution in [1.82, 2.24) is 24.8 Å². The van der Waals surface area contributed by atoms with Crippen LogP contribution in [0.5, 0.6) is 0 Å². The highest BCUT2D eigenvalue weighted by Crippen LogP contribution is 2.18. The number of hydrogen-bond acceptors (Lipinski definition) is 7. The molecule has 2 saturated heterocycles. The Bertz CT molecular complexity index is 672. The summed E-state index contributed by atoms with van der Waals surface area (Å²) in [6.45, 7) is 6.65. The molecule has 2 aromatic rings. The molecule has 2 aliphatic rings. The summed E-state index contributed by atoms with van der Waals surface area (Å²) < 4.78 is 5.99. The molecule has 0 amide bonds. The number of likely N-dealkylation sites (N-methyl/N-ethyl adjacent to an activating group) is 1. The van der Waals surface area contributed by atoms with E-state index in [0.29, 0.717) is 6.61 Å². The van der Waals surface area contributed by atoms with Gasteiger partial charge < -0.3 is 14.5 Å². The van der Waals surface area contributed by atoms with Gasteiger partial charge in [0.2, 0.25) is 5.95 Å². The smallest absolute Gasteiger partial charge is 0.226 e. The number of morpholine rings is 1. The van der Waals surface area contributed by atoms with Gasteiger partial charge in [-0.15, -0.1) is 0 Å². The summed E-state index contributed by atoms with van der Waals surface area (Å²) in [5, 5.41) is 0. The number of fused-ring (bicyclic) bond motifs is 1. The third-order valence-corrected chi connectivity index (χ3v) is 4.61. The van der Waals surface area contributed by atoms with E-state index in [1.807, 2.05) is 12.1 Å². The molecule has 2 aliphatic heterocycles. The van der Waals surface area contributed by atoms with Gasteiger partial charge in [0.15, 0.2) is 0 Å². The van der Waals surface area contributed by atoms with E-state index in [0.717, 1.165) is 56.3 Å². The monoisotopic (exact) mass is 314 g/mol. The third-order valence-electron chi connectivity index (χ3n) is 4.61. The first kappa shape index (κ1) is 14.7. The van der Waals surface area contributed by atoms with E-state index in [-0.39, 0.29) is 6.23 Å². The predicted octanol–water partition coefficient (Wildman–Crippen LogP) is 0.435. The Morgan fingerprint density at radius 3 is 2.83 bits per heavy atom. The number of nitrogens with zero attached hydrogens (tertiary/aromatic N) is 6. The van der Waals surface area contributed by atoms with Crippen LogP contribution in [0.1, 0.15) is 0 Å². The van der Waals surface area contributed by atoms with Gasteiger partial charge in [0.1, 0.15) is 11.7 Å². The lowest BCUT2D eigenvalue weighted by atomic mass is 10.3. The standard InChI is InChI=1S/C16H22N6O/c1-20-5-7-21(8-6-20)15-12-22(9-10-23-15)16-18-11-14-13(19-16)3-2-4-17-14/h2-4,11,15H,5-10,12H2,1H3. The molecule has 4 heterocycles. The van der Waals surface area contributed by atoms with Gasteiger partial charge in [-0.05, 0) is 19.2 Å². The Kier molecular flexibility index (Phi) is 4.07. The number of pyridine rings is 1. The maximum absolute atomic E-state index is 5.99. The number of piperazine rings is 1. The molecule has 1 unspecified atom stereocenters. The van der Waals surface area contributed by atoms with E-state index < -0.39 is 0 Å². The maximum Gasteiger partial charge on any atom is 0.226 e. The van der Waals surface area contributed by atoms with Crippen LogP contribution in [-0.2, 0) is 4.74 Å². The second-order valence-corrected chi connectivity index (χ2v) is 6.19. The average Bonchev–Trinajstić information content (AvgIpc) is 2.62. The molecule has 2 fully saturated rings. The van der Waals surface area contributed by atoms with Gasteiger partial charge in [0.05, 0.1) is 24.9 Å². The first-order valence-corrected chi connectivity index (χ1v) is 8.16. The van der Waals surface area contributed by atoms with Crippen LogP contribution in [0, 0.1) is 0 Å². The van der Waals surface area contributed by atoms with Crippen molar-refractivity contribution in [2.45, 2.75) is 6.23 Å². The fourth-order valence-electron chi connectivity index (χ4n) is 3.15. The van der Waals surface area contributed by atoms with Crippen LogP contribution in [0.2, 0.25) is 0 Å². The Morgan fingerprint density at radius 1 is 1.09 bits per heavy atom. The second-order valence-electron chi connectivity index (χ2n) is 6.19. The lowest BCUT2D eigenvalue weighted by Crippen LogP contribution is -2.56. The SMILES string of the molecule is CN1CCN(C2CN(c3ncc4ncccc4n3)CCO2)CC1. The first-order chi connectivity index (χ1) is 11.3. The fourth-order valence-corrected chi connectivity index (χ4v) is 3.15. The summed E-state index contributed by atoms with van der Waals surface area (Å²) in [7, 11) is 2.17. The molecule has 1 atom stereocenters.